The summed E-state index contributed by atoms with van der Waals surface area (Å²) >= 11 is 3.45. The number of hydrogen-bond acceptors (Lipinski definition) is 1. The highest BCUT2D eigenvalue weighted by atomic mass is 79.9. The highest BCUT2D eigenvalue weighted by Gasteiger charge is 2.10. The maximum atomic E-state index is 12.3. The van der Waals surface area contributed by atoms with Crippen LogP contribution in [0.4, 0.5) is 0 Å². The molecule has 2 rings (SSSR count). The predicted octanol–water partition coefficient (Wildman–Crippen LogP) is 4.88. The van der Waals surface area contributed by atoms with Crippen molar-refractivity contribution in [1.29, 1.82) is 0 Å². The summed E-state index contributed by atoms with van der Waals surface area (Å²) in [5.41, 5.74) is 4.32. The van der Waals surface area contributed by atoms with Crippen molar-refractivity contribution in [1.82, 2.24) is 0 Å². The standard InChI is InChI=1S/C17H17BrO/c1-12-5-3-8-16(13(12)2)17(19)10-9-14-6-4-7-15(18)11-14/h3-8,11H,9-10H2,1-2H3. The van der Waals surface area contributed by atoms with Gasteiger partial charge in [-0.2, -0.15) is 0 Å². The first kappa shape index (κ1) is 14.0. The molecular formula is C17H17BrO. The van der Waals surface area contributed by atoms with E-state index in [1.807, 2.05) is 44.2 Å². The van der Waals surface area contributed by atoms with Crippen molar-refractivity contribution in [2.75, 3.05) is 0 Å². The SMILES string of the molecule is Cc1cccc(C(=O)CCc2cccc(Br)c2)c1C. The zero-order valence-corrected chi connectivity index (χ0v) is 12.8. The molecule has 0 aliphatic heterocycles. The molecule has 0 heterocycles. The Kier molecular flexibility index (Phi) is 4.54. The zero-order valence-electron chi connectivity index (χ0n) is 11.2. The van der Waals surface area contributed by atoms with Gasteiger partial charge in [0.05, 0.1) is 0 Å². The van der Waals surface area contributed by atoms with Gasteiger partial charge in [-0.15, -0.1) is 0 Å². The summed E-state index contributed by atoms with van der Waals surface area (Å²) in [6.45, 7) is 4.06. The average molecular weight is 317 g/mol. The Hall–Kier alpha value is -1.41. The summed E-state index contributed by atoms with van der Waals surface area (Å²) in [5, 5.41) is 0. The largest absolute Gasteiger partial charge is 0.294 e. The molecule has 0 aliphatic carbocycles. The Morgan fingerprint density at radius 1 is 1.11 bits per heavy atom. The lowest BCUT2D eigenvalue weighted by atomic mass is 9.96. The fraction of sp³-hybridized carbons (Fsp3) is 0.235. The second-order valence-electron chi connectivity index (χ2n) is 4.80. The van der Waals surface area contributed by atoms with Crippen molar-refractivity contribution in [2.45, 2.75) is 26.7 Å². The van der Waals surface area contributed by atoms with Crippen LogP contribution in [-0.4, -0.2) is 5.78 Å². The van der Waals surface area contributed by atoms with Crippen LogP contribution in [0.5, 0.6) is 0 Å². The minimum absolute atomic E-state index is 0.223. The van der Waals surface area contributed by atoms with Crippen LogP contribution >= 0.6 is 15.9 Å². The second kappa shape index (κ2) is 6.16. The number of hydrogen-bond donors (Lipinski definition) is 0. The molecule has 0 amide bonds. The van der Waals surface area contributed by atoms with Crippen molar-refractivity contribution in [3.05, 3.63) is 69.2 Å². The number of Topliss-reactive ketones (excluding diaryl/α,β-unsaturated/α-hetero) is 1. The molecule has 2 aromatic carbocycles. The first-order chi connectivity index (χ1) is 9.08. The van der Waals surface area contributed by atoms with Crippen molar-refractivity contribution >= 4 is 21.7 Å². The number of carbonyl (C=O) groups is 1. The third kappa shape index (κ3) is 3.54. The number of carbonyl (C=O) groups excluding carboxylic acids is 1. The molecule has 98 valence electrons. The van der Waals surface area contributed by atoms with E-state index in [9.17, 15) is 4.79 Å². The molecular weight excluding hydrogens is 300 g/mol. The van der Waals surface area contributed by atoms with Crippen LogP contribution in [0.15, 0.2) is 46.9 Å². The summed E-state index contributed by atoms with van der Waals surface area (Å²) in [7, 11) is 0. The van der Waals surface area contributed by atoms with E-state index >= 15 is 0 Å². The van der Waals surface area contributed by atoms with Gasteiger partial charge in [0.2, 0.25) is 0 Å². The van der Waals surface area contributed by atoms with Crippen LogP contribution in [0.1, 0.15) is 33.5 Å². The lowest BCUT2D eigenvalue weighted by molar-refractivity contribution is 0.0982. The fourth-order valence-corrected chi connectivity index (χ4v) is 2.58. The van der Waals surface area contributed by atoms with Crippen LogP contribution in [0.3, 0.4) is 0 Å². The Bertz CT molecular complexity index is 602. The van der Waals surface area contributed by atoms with E-state index < -0.39 is 0 Å². The molecule has 0 aromatic heterocycles. The first-order valence-corrected chi connectivity index (χ1v) is 7.21. The highest BCUT2D eigenvalue weighted by molar-refractivity contribution is 9.10. The number of rotatable bonds is 4. The third-order valence-electron chi connectivity index (χ3n) is 3.43. The van der Waals surface area contributed by atoms with Gasteiger partial charge in [-0.3, -0.25) is 4.79 Å². The minimum Gasteiger partial charge on any atom is -0.294 e. The summed E-state index contributed by atoms with van der Waals surface area (Å²) < 4.78 is 1.06. The van der Waals surface area contributed by atoms with Gasteiger partial charge in [-0.1, -0.05) is 46.3 Å². The van der Waals surface area contributed by atoms with Gasteiger partial charge in [0.15, 0.2) is 5.78 Å². The predicted molar refractivity (Wildman–Crippen MR) is 82.7 cm³/mol. The Morgan fingerprint density at radius 2 is 1.84 bits per heavy atom. The molecule has 19 heavy (non-hydrogen) atoms. The van der Waals surface area contributed by atoms with Crippen molar-refractivity contribution < 1.29 is 4.79 Å². The van der Waals surface area contributed by atoms with E-state index in [0.29, 0.717) is 6.42 Å². The normalized spacial score (nSPS) is 10.5. The molecule has 1 nitrogen and oxygen atoms in total. The number of ketones is 1. The smallest absolute Gasteiger partial charge is 0.163 e. The monoisotopic (exact) mass is 316 g/mol. The van der Waals surface area contributed by atoms with Gasteiger partial charge in [-0.05, 0) is 49.1 Å². The van der Waals surface area contributed by atoms with Gasteiger partial charge in [0.25, 0.3) is 0 Å². The molecule has 0 unspecified atom stereocenters. The van der Waals surface area contributed by atoms with Gasteiger partial charge in [0.1, 0.15) is 0 Å². The lowest BCUT2D eigenvalue weighted by Crippen LogP contribution is -2.04. The van der Waals surface area contributed by atoms with E-state index in [0.717, 1.165) is 22.0 Å². The van der Waals surface area contributed by atoms with Crippen LogP contribution in [0, 0.1) is 13.8 Å². The zero-order chi connectivity index (χ0) is 13.8. The molecule has 0 bridgehead atoms. The van der Waals surface area contributed by atoms with E-state index in [1.165, 1.54) is 11.1 Å². The second-order valence-corrected chi connectivity index (χ2v) is 5.72. The number of benzene rings is 2. The van der Waals surface area contributed by atoms with Gasteiger partial charge >= 0.3 is 0 Å². The van der Waals surface area contributed by atoms with Gasteiger partial charge in [-0.25, -0.2) is 0 Å². The van der Waals surface area contributed by atoms with Crippen molar-refractivity contribution in [3.8, 4) is 0 Å². The van der Waals surface area contributed by atoms with E-state index in [1.54, 1.807) is 0 Å². The molecule has 0 radical (unpaired) electrons. The van der Waals surface area contributed by atoms with E-state index in [-0.39, 0.29) is 5.78 Å². The van der Waals surface area contributed by atoms with Crippen LogP contribution in [0.25, 0.3) is 0 Å². The molecule has 0 saturated carbocycles. The Balaban J connectivity index is 2.08. The summed E-state index contributed by atoms with van der Waals surface area (Å²) in [4.78, 5) is 12.3. The van der Waals surface area contributed by atoms with Gasteiger partial charge in [0, 0.05) is 16.5 Å². The molecule has 2 aromatic rings. The van der Waals surface area contributed by atoms with Crippen LogP contribution in [0.2, 0.25) is 0 Å². The van der Waals surface area contributed by atoms with Crippen LogP contribution < -0.4 is 0 Å². The van der Waals surface area contributed by atoms with Crippen LogP contribution in [-0.2, 0) is 6.42 Å². The molecule has 0 N–H and O–H groups in total. The number of halogens is 1. The molecule has 0 fully saturated rings. The average Bonchev–Trinajstić information content (AvgIpc) is 2.39. The summed E-state index contributed by atoms with van der Waals surface area (Å²) in [6.07, 6.45) is 1.34. The summed E-state index contributed by atoms with van der Waals surface area (Å²) in [5.74, 6) is 0.223. The molecule has 2 heteroatoms. The van der Waals surface area contributed by atoms with E-state index in [2.05, 4.69) is 28.1 Å². The Morgan fingerprint density at radius 3 is 2.58 bits per heavy atom. The minimum atomic E-state index is 0.223. The maximum Gasteiger partial charge on any atom is 0.163 e. The molecule has 0 atom stereocenters. The fourth-order valence-electron chi connectivity index (χ4n) is 2.14. The number of aryl methyl sites for hydroxylation is 2. The van der Waals surface area contributed by atoms with Gasteiger partial charge < -0.3 is 0 Å². The Labute approximate surface area is 122 Å². The quantitative estimate of drug-likeness (QED) is 0.734. The first-order valence-electron chi connectivity index (χ1n) is 6.42. The molecule has 0 saturated heterocycles. The highest BCUT2D eigenvalue weighted by Crippen LogP contribution is 2.17. The van der Waals surface area contributed by atoms with Crippen molar-refractivity contribution in [3.63, 3.8) is 0 Å². The molecule has 0 spiro atoms. The van der Waals surface area contributed by atoms with Crippen molar-refractivity contribution in [2.24, 2.45) is 0 Å². The third-order valence-corrected chi connectivity index (χ3v) is 3.93. The summed E-state index contributed by atoms with van der Waals surface area (Å²) in [6, 6.07) is 14.0. The molecule has 0 aliphatic rings. The van der Waals surface area contributed by atoms with E-state index in [4.69, 9.17) is 0 Å². The lowest BCUT2D eigenvalue weighted by Gasteiger charge is -2.07. The topological polar surface area (TPSA) is 17.1 Å². The maximum absolute atomic E-state index is 12.3.